The maximum Gasteiger partial charge on any atom is 0.222 e. The number of aryl methyl sites for hydroxylation is 2. The highest BCUT2D eigenvalue weighted by Gasteiger charge is 2.14. The predicted molar refractivity (Wildman–Crippen MR) is 74.9 cm³/mol. The van der Waals surface area contributed by atoms with Gasteiger partial charge in [-0.05, 0) is 32.2 Å². The molecule has 1 heterocycles. The van der Waals surface area contributed by atoms with Crippen LogP contribution in [0.1, 0.15) is 11.3 Å². The van der Waals surface area contributed by atoms with Gasteiger partial charge in [-0.3, -0.25) is 0 Å². The lowest BCUT2D eigenvalue weighted by Gasteiger charge is -2.08. The van der Waals surface area contributed by atoms with Crippen molar-refractivity contribution in [3.63, 3.8) is 0 Å². The first-order chi connectivity index (χ1) is 8.61. The van der Waals surface area contributed by atoms with Crippen LogP contribution in [0.2, 0.25) is 0 Å². The van der Waals surface area contributed by atoms with Crippen LogP contribution >= 0.6 is 15.9 Å². The standard InChI is InChI=1S/C13H16BrN3O/c1-9-12(8-15-2)13(17(3)16-9)18-11-6-4-5-10(14)7-11/h4-7,15H,8H2,1-3H3. The Labute approximate surface area is 115 Å². The summed E-state index contributed by atoms with van der Waals surface area (Å²) in [5, 5.41) is 7.52. The van der Waals surface area contributed by atoms with Gasteiger partial charge in [0.15, 0.2) is 0 Å². The third-order valence-electron chi connectivity index (χ3n) is 2.65. The van der Waals surface area contributed by atoms with E-state index in [0.29, 0.717) is 0 Å². The van der Waals surface area contributed by atoms with Crippen LogP contribution in [-0.2, 0) is 13.6 Å². The van der Waals surface area contributed by atoms with Crippen molar-refractivity contribution in [1.29, 1.82) is 0 Å². The molecule has 5 heteroatoms. The van der Waals surface area contributed by atoms with E-state index in [1.54, 1.807) is 4.68 Å². The number of benzene rings is 1. The van der Waals surface area contributed by atoms with Gasteiger partial charge in [0.25, 0.3) is 0 Å². The van der Waals surface area contributed by atoms with Crippen LogP contribution in [0.25, 0.3) is 0 Å². The van der Waals surface area contributed by atoms with E-state index < -0.39 is 0 Å². The molecule has 0 aliphatic rings. The maximum atomic E-state index is 5.92. The highest BCUT2D eigenvalue weighted by molar-refractivity contribution is 9.10. The molecule has 96 valence electrons. The van der Waals surface area contributed by atoms with Crippen molar-refractivity contribution in [3.05, 3.63) is 40.0 Å². The molecule has 0 aliphatic carbocycles. The van der Waals surface area contributed by atoms with E-state index in [1.165, 1.54) is 0 Å². The fourth-order valence-corrected chi connectivity index (χ4v) is 2.21. The lowest BCUT2D eigenvalue weighted by molar-refractivity contribution is 0.424. The molecule has 0 saturated heterocycles. The minimum Gasteiger partial charge on any atom is -0.439 e. The SMILES string of the molecule is CNCc1c(C)nn(C)c1Oc1cccc(Br)c1. The van der Waals surface area contributed by atoms with Gasteiger partial charge in [0, 0.05) is 18.1 Å². The molecular formula is C13H16BrN3O. The van der Waals surface area contributed by atoms with Crippen molar-refractivity contribution in [2.24, 2.45) is 7.05 Å². The van der Waals surface area contributed by atoms with Gasteiger partial charge in [0.05, 0.1) is 11.3 Å². The molecule has 1 aromatic heterocycles. The summed E-state index contributed by atoms with van der Waals surface area (Å²) in [5.41, 5.74) is 2.07. The van der Waals surface area contributed by atoms with Crippen molar-refractivity contribution < 1.29 is 4.74 Å². The lowest BCUT2D eigenvalue weighted by Crippen LogP contribution is -2.07. The summed E-state index contributed by atoms with van der Waals surface area (Å²) in [6.45, 7) is 2.73. The molecule has 0 saturated carbocycles. The summed E-state index contributed by atoms with van der Waals surface area (Å²) in [7, 11) is 3.80. The van der Waals surface area contributed by atoms with Crippen molar-refractivity contribution in [2.45, 2.75) is 13.5 Å². The molecule has 0 amide bonds. The minimum atomic E-state index is 0.739. The number of nitrogens with one attached hydrogen (secondary N) is 1. The van der Waals surface area contributed by atoms with Crippen LogP contribution in [-0.4, -0.2) is 16.8 Å². The normalized spacial score (nSPS) is 10.7. The summed E-state index contributed by atoms with van der Waals surface area (Å²) in [6, 6.07) is 7.78. The van der Waals surface area contributed by atoms with Gasteiger partial charge >= 0.3 is 0 Å². The Morgan fingerprint density at radius 1 is 1.44 bits per heavy atom. The van der Waals surface area contributed by atoms with Crippen LogP contribution in [0.5, 0.6) is 11.6 Å². The van der Waals surface area contributed by atoms with Gasteiger partial charge in [-0.25, -0.2) is 4.68 Å². The van der Waals surface area contributed by atoms with Crippen molar-refractivity contribution in [2.75, 3.05) is 7.05 Å². The van der Waals surface area contributed by atoms with E-state index in [0.717, 1.165) is 33.9 Å². The van der Waals surface area contributed by atoms with Gasteiger partial charge in [-0.1, -0.05) is 22.0 Å². The first kappa shape index (κ1) is 13.1. The van der Waals surface area contributed by atoms with Gasteiger partial charge in [-0.2, -0.15) is 5.10 Å². The molecule has 18 heavy (non-hydrogen) atoms. The van der Waals surface area contributed by atoms with Crippen molar-refractivity contribution >= 4 is 15.9 Å². The van der Waals surface area contributed by atoms with Crippen LogP contribution in [0.3, 0.4) is 0 Å². The number of hydrogen-bond donors (Lipinski definition) is 1. The van der Waals surface area contributed by atoms with E-state index in [2.05, 4.69) is 26.3 Å². The van der Waals surface area contributed by atoms with E-state index in [1.807, 2.05) is 45.3 Å². The Bertz CT molecular complexity index is 551. The summed E-state index contributed by atoms with van der Waals surface area (Å²) in [6.07, 6.45) is 0. The highest BCUT2D eigenvalue weighted by Crippen LogP contribution is 2.28. The molecule has 0 radical (unpaired) electrons. The summed E-state index contributed by atoms with van der Waals surface area (Å²) < 4.78 is 8.69. The monoisotopic (exact) mass is 309 g/mol. The topological polar surface area (TPSA) is 39.1 Å². The number of rotatable bonds is 4. The number of hydrogen-bond acceptors (Lipinski definition) is 3. The smallest absolute Gasteiger partial charge is 0.222 e. The van der Waals surface area contributed by atoms with Crippen LogP contribution < -0.4 is 10.1 Å². The molecule has 0 fully saturated rings. The summed E-state index contributed by atoms with van der Waals surface area (Å²) in [4.78, 5) is 0. The van der Waals surface area contributed by atoms with E-state index in [-0.39, 0.29) is 0 Å². The quantitative estimate of drug-likeness (QED) is 0.943. The zero-order valence-corrected chi connectivity index (χ0v) is 12.3. The average Bonchev–Trinajstić information content (AvgIpc) is 2.57. The molecule has 1 aromatic carbocycles. The number of aromatic nitrogens is 2. The Morgan fingerprint density at radius 3 is 2.89 bits per heavy atom. The van der Waals surface area contributed by atoms with Gasteiger partial charge in [-0.15, -0.1) is 0 Å². The van der Waals surface area contributed by atoms with Gasteiger partial charge in [0.1, 0.15) is 5.75 Å². The molecule has 0 spiro atoms. The first-order valence-electron chi connectivity index (χ1n) is 5.72. The van der Waals surface area contributed by atoms with Gasteiger partial charge in [0.2, 0.25) is 5.88 Å². The molecule has 2 rings (SSSR count). The Balaban J connectivity index is 2.33. The second-order valence-electron chi connectivity index (χ2n) is 4.08. The summed E-state index contributed by atoms with van der Waals surface area (Å²) >= 11 is 3.43. The zero-order valence-electron chi connectivity index (χ0n) is 10.7. The van der Waals surface area contributed by atoms with Gasteiger partial charge < -0.3 is 10.1 Å². The maximum absolute atomic E-state index is 5.92. The molecule has 0 atom stereocenters. The van der Waals surface area contributed by atoms with Crippen LogP contribution in [0, 0.1) is 6.92 Å². The molecular weight excluding hydrogens is 294 g/mol. The zero-order chi connectivity index (χ0) is 13.1. The molecule has 0 aliphatic heterocycles. The first-order valence-corrected chi connectivity index (χ1v) is 6.51. The molecule has 4 nitrogen and oxygen atoms in total. The Hall–Kier alpha value is -1.33. The third kappa shape index (κ3) is 2.73. The lowest BCUT2D eigenvalue weighted by atomic mass is 10.2. The minimum absolute atomic E-state index is 0.739. The average molecular weight is 310 g/mol. The number of halogens is 1. The Morgan fingerprint density at radius 2 is 2.22 bits per heavy atom. The number of ether oxygens (including phenoxy) is 1. The third-order valence-corrected chi connectivity index (χ3v) is 3.15. The molecule has 2 aromatic rings. The summed E-state index contributed by atoms with van der Waals surface area (Å²) in [5.74, 6) is 1.57. The molecule has 0 bridgehead atoms. The predicted octanol–water partition coefficient (Wildman–Crippen LogP) is 3.00. The second kappa shape index (κ2) is 5.54. The van der Waals surface area contributed by atoms with E-state index in [4.69, 9.17) is 4.74 Å². The van der Waals surface area contributed by atoms with E-state index in [9.17, 15) is 0 Å². The van der Waals surface area contributed by atoms with Crippen LogP contribution in [0.4, 0.5) is 0 Å². The second-order valence-corrected chi connectivity index (χ2v) is 5.00. The number of nitrogens with zero attached hydrogens (tertiary/aromatic N) is 2. The largest absolute Gasteiger partial charge is 0.439 e. The highest BCUT2D eigenvalue weighted by atomic mass is 79.9. The van der Waals surface area contributed by atoms with E-state index >= 15 is 0 Å². The molecule has 0 unspecified atom stereocenters. The molecule has 1 N–H and O–H groups in total. The van der Waals surface area contributed by atoms with Crippen LogP contribution in [0.15, 0.2) is 28.7 Å². The van der Waals surface area contributed by atoms with Crippen molar-refractivity contribution in [3.8, 4) is 11.6 Å². The fourth-order valence-electron chi connectivity index (χ4n) is 1.83. The fraction of sp³-hybridized carbons (Fsp3) is 0.308. The Kier molecular flexibility index (Phi) is 4.04. The van der Waals surface area contributed by atoms with Crippen molar-refractivity contribution in [1.82, 2.24) is 15.1 Å².